The fourth-order valence-corrected chi connectivity index (χ4v) is 4.00. The van der Waals surface area contributed by atoms with Crippen LogP contribution >= 0.6 is 11.3 Å². The van der Waals surface area contributed by atoms with Crippen molar-refractivity contribution < 1.29 is 13.2 Å². The van der Waals surface area contributed by atoms with E-state index in [1.165, 1.54) is 12.0 Å². The van der Waals surface area contributed by atoms with E-state index in [1.54, 1.807) is 29.5 Å². The van der Waals surface area contributed by atoms with Crippen molar-refractivity contribution in [2.24, 2.45) is 4.99 Å². The Balaban J connectivity index is 2.02. The molecule has 9 heteroatoms. The number of aliphatic imine (C=N–C) groups is 1. The van der Waals surface area contributed by atoms with Gasteiger partial charge in [-0.3, -0.25) is 0 Å². The van der Waals surface area contributed by atoms with Crippen LogP contribution in [-0.2, 0) is 27.8 Å². The fraction of sp³-hybridized carbons (Fsp3) is 0.389. The normalized spacial score (nSPS) is 12.1. The Morgan fingerprint density at radius 1 is 1.22 bits per heavy atom. The van der Waals surface area contributed by atoms with Crippen LogP contribution < -0.4 is 15.4 Å². The zero-order valence-corrected chi connectivity index (χ0v) is 17.2. The molecule has 0 unspecified atom stereocenters. The van der Waals surface area contributed by atoms with E-state index in [2.05, 4.69) is 26.4 Å². The van der Waals surface area contributed by atoms with Gasteiger partial charge in [0.1, 0.15) is 0 Å². The highest BCUT2D eigenvalue weighted by molar-refractivity contribution is 7.89. The zero-order chi connectivity index (χ0) is 19.5. The number of methoxy groups -OCH3 is 1. The predicted molar refractivity (Wildman–Crippen MR) is 109 cm³/mol. The highest BCUT2D eigenvalue weighted by Crippen LogP contribution is 2.12. The van der Waals surface area contributed by atoms with Crippen molar-refractivity contribution >= 4 is 27.3 Å². The average Bonchev–Trinajstić information content (AvgIpc) is 3.18. The van der Waals surface area contributed by atoms with Gasteiger partial charge < -0.3 is 15.4 Å². The first-order valence-electron chi connectivity index (χ1n) is 8.67. The largest absolute Gasteiger partial charge is 0.383 e. The van der Waals surface area contributed by atoms with Crippen molar-refractivity contribution in [2.75, 3.05) is 26.8 Å². The summed E-state index contributed by atoms with van der Waals surface area (Å²) in [6.45, 7) is 4.38. The number of hydrogen-bond acceptors (Lipinski definition) is 5. The molecule has 0 radical (unpaired) electrons. The third-order valence-corrected chi connectivity index (χ3v) is 5.92. The molecule has 1 aromatic heterocycles. The second-order valence-electron chi connectivity index (χ2n) is 5.67. The number of sulfonamides is 1. The number of rotatable bonds is 10. The van der Waals surface area contributed by atoms with Gasteiger partial charge in [0.15, 0.2) is 5.96 Å². The van der Waals surface area contributed by atoms with E-state index in [9.17, 15) is 8.42 Å². The average molecular weight is 411 g/mol. The van der Waals surface area contributed by atoms with Crippen LogP contribution in [0.3, 0.4) is 0 Å². The lowest BCUT2D eigenvalue weighted by Crippen LogP contribution is -2.36. The van der Waals surface area contributed by atoms with E-state index in [0.29, 0.717) is 25.7 Å². The number of ether oxygens (including phenoxy) is 1. The molecule has 0 spiro atoms. The summed E-state index contributed by atoms with van der Waals surface area (Å²) in [7, 11) is -2.02. The summed E-state index contributed by atoms with van der Waals surface area (Å²) in [4.78, 5) is 5.99. The zero-order valence-electron chi connectivity index (χ0n) is 15.6. The lowest BCUT2D eigenvalue weighted by Gasteiger charge is -2.11. The first-order valence-corrected chi connectivity index (χ1v) is 11.0. The van der Waals surface area contributed by atoms with Gasteiger partial charge in [0.2, 0.25) is 10.0 Å². The number of hydrogen-bond donors (Lipinski definition) is 3. The summed E-state index contributed by atoms with van der Waals surface area (Å²) < 4.78 is 32.0. The Morgan fingerprint density at radius 2 is 2.07 bits per heavy atom. The molecule has 0 atom stereocenters. The molecule has 0 bridgehead atoms. The van der Waals surface area contributed by atoms with Crippen LogP contribution in [0.4, 0.5) is 0 Å². The van der Waals surface area contributed by atoms with Crippen LogP contribution in [0.1, 0.15) is 17.4 Å². The van der Waals surface area contributed by atoms with E-state index in [0.717, 1.165) is 12.1 Å². The molecular weight excluding hydrogens is 384 g/mol. The molecule has 3 N–H and O–H groups in total. The van der Waals surface area contributed by atoms with Crippen LogP contribution in [0.25, 0.3) is 0 Å². The molecule has 2 aromatic rings. The molecule has 148 valence electrons. The van der Waals surface area contributed by atoms with Crippen molar-refractivity contribution in [1.29, 1.82) is 0 Å². The van der Waals surface area contributed by atoms with Crippen molar-refractivity contribution in [2.45, 2.75) is 24.9 Å². The summed E-state index contributed by atoms with van der Waals surface area (Å²) in [5, 5.41) is 8.51. The molecule has 0 fully saturated rings. The van der Waals surface area contributed by atoms with Crippen LogP contribution in [-0.4, -0.2) is 41.2 Å². The van der Waals surface area contributed by atoms with Gasteiger partial charge in [0.05, 0.1) is 24.6 Å². The van der Waals surface area contributed by atoms with Crippen LogP contribution in [0.5, 0.6) is 0 Å². The van der Waals surface area contributed by atoms with Gasteiger partial charge >= 0.3 is 0 Å². The maximum Gasteiger partial charge on any atom is 0.240 e. The Hall–Kier alpha value is -1.94. The Bertz CT molecular complexity index is 821. The summed E-state index contributed by atoms with van der Waals surface area (Å²) in [5.41, 5.74) is 0.818. The van der Waals surface area contributed by atoms with Crippen LogP contribution in [0.2, 0.25) is 0 Å². The second-order valence-corrected chi connectivity index (χ2v) is 8.47. The minimum absolute atomic E-state index is 0.225. The molecule has 7 nitrogen and oxygen atoms in total. The van der Waals surface area contributed by atoms with E-state index in [-0.39, 0.29) is 11.4 Å². The van der Waals surface area contributed by atoms with Gasteiger partial charge in [0.25, 0.3) is 0 Å². The van der Waals surface area contributed by atoms with Crippen LogP contribution in [0.15, 0.2) is 51.7 Å². The lowest BCUT2D eigenvalue weighted by molar-refractivity contribution is 0.204. The first kappa shape index (κ1) is 21.4. The SMILES string of the molecule is CCNC(=NCc1cccc(S(=O)(=O)NCCOC)c1)NCc1cccs1. The molecule has 2 rings (SSSR count). The Labute approximate surface area is 164 Å². The standard InChI is InChI=1S/C18H26N4O3S2/c1-3-19-18(21-14-16-7-5-11-26-16)20-13-15-6-4-8-17(12-15)27(23,24)22-9-10-25-2/h4-8,11-12,22H,3,9-10,13-14H2,1-2H3,(H2,19,20,21). The van der Waals surface area contributed by atoms with Crippen molar-refractivity contribution in [3.63, 3.8) is 0 Å². The van der Waals surface area contributed by atoms with Crippen molar-refractivity contribution in [1.82, 2.24) is 15.4 Å². The number of thiophene rings is 1. The Morgan fingerprint density at radius 3 is 2.78 bits per heavy atom. The van der Waals surface area contributed by atoms with Gasteiger partial charge in [-0.2, -0.15) is 0 Å². The summed E-state index contributed by atoms with van der Waals surface area (Å²) in [6.07, 6.45) is 0. The highest BCUT2D eigenvalue weighted by Gasteiger charge is 2.13. The first-order chi connectivity index (χ1) is 13.0. The van der Waals surface area contributed by atoms with E-state index < -0.39 is 10.0 Å². The minimum Gasteiger partial charge on any atom is -0.383 e. The maximum atomic E-state index is 12.3. The molecule has 1 aromatic carbocycles. The topological polar surface area (TPSA) is 91.8 Å². The second kappa shape index (κ2) is 11.0. The van der Waals surface area contributed by atoms with Gasteiger partial charge in [-0.05, 0) is 36.1 Å². The highest BCUT2D eigenvalue weighted by atomic mass is 32.2. The molecule has 27 heavy (non-hydrogen) atoms. The van der Waals surface area contributed by atoms with Crippen LogP contribution in [0, 0.1) is 0 Å². The predicted octanol–water partition coefficient (Wildman–Crippen LogP) is 1.93. The van der Waals surface area contributed by atoms with Crippen molar-refractivity contribution in [3.05, 3.63) is 52.2 Å². The smallest absolute Gasteiger partial charge is 0.240 e. The monoisotopic (exact) mass is 410 g/mol. The third-order valence-electron chi connectivity index (χ3n) is 3.58. The molecule has 0 aliphatic heterocycles. The molecule has 1 heterocycles. The fourth-order valence-electron chi connectivity index (χ4n) is 2.27. The van der Waals surface area contributed by atoms with Crippen molar-refractivity contribution in [3.8, 4) is 0 Å². The van der Waals surface area contributed by atoms with Gasteiger partial charge in [0, 0.05) is 25.1 Å². The van der Waals surface area contributed by atoms with Gasteiger partial charge in [-0.25, -0.2) is 18.1 Å². The molecule has 0 aliphatic rings. The minimum atomic E-state index is -3.55. The Kier molecular flexibility index (Phi) is 8.73. The lowest BCUT2D eigenvalue weighted by atomic mass is 10.2. The number of benzene rings is 1. The molecule has 0 saturated heterocycles. The van der Waals surface area contributed by atoms with E-state index >= 15 is 0 Å². The molecule has 0 amide bonds. The van der Waals surface area contributed by atoms with E-state index in [1.807, 2.05) is 24.4 Å². The summed E-state index contributed by atoms with van der Waals surface area (Å²) >= 11 is 1.68. The summed E-state index contributed by atoms with van der Waals surface area (Å²) in [5.74, 6) is 0.692. The number of guanidine groups is 1. The molecule has 0 saturated carbocycles. The van der Waals surface area contributed by atoms with E-state index in [4.69, 9.17) is 4.74 Å². The number of nitrogens with zero attached hydrogens (tertiary/aromatic N) is 1. The number of nitrogens with one attached hydrogen (secondary N) is 3. The molecule has 0 aliphatic carbocycles. The van der Waals surface area contributed by atoms with Gasteiger partial charge in [-0.1, -0.05) is 18.2 Å². The quantitative estimate of drug-likeness (QED) is 0.316. The summed E-state index contributed by atoms with van der Waals surface area (Å²) in [6, 6.07) is 10.9. The van der Waals surface area contributed by atoms with Gasteiger partial charge in [-0.15, -0.1) is 11.3 Å². The third kappa shape index (κ3) is 7.30. The maximum absolute atomic E-state index is 12.3. The molecular formula is C18H26N4O3S2.